The number of carbonyl (C=O) groups is 2. The van der Waals surface area contributed by atoms with Gasteiger partial charge in [-0.25, -0.2) is 4.79 Å². The van der Waals surface area contributed by atoms with Crippen molar-refractivity contribution in [2.24, 2.45) is 0 Å². The average molecular weight is 438 g/mol. The number of nitrogens with zero attached hydrogens (tertiary/aromatic N) is 1. The molecule has 154 valence electrons. The van der Waals surface area contributed by atoms with Gasteiger partial charge in [-0.05, 0) is 55.7 Å². The summed E-state index contributed by atoms with van der Waals surface area (Å²) in [6.45, 7) is 1.97. The SMILES string of the molecule is Cc1ccc(C(=O)Oc2ccc(C=C3SC(=S)N(C4CCCCC4)C3=O)cc2)cc1. The van der Waals surface area contributed by atoms with Crippen LogP contribution < -0.4 is 4.74 Å². The van der Waals surface area contributed by atoms with E-state index in [4.69, 9.17) is 17.0 Å². The Morgan fingerprint density at radius 1 is 1.07 bits per heavy atom. The third kappa shape index (κ3) is 4.65. The minimum Gasteiger partial charge on any atom is -0.423 e. The molecule has 2 fully saturated rings. The number of carbonyl (C=O) groups excluding carboxylic acids is 2. The van der Waals surface area contributed by atoms with E-state index in [1.54, 1.807) is 24.3 Å². The monoisotopic (exact) mass is 437 g/mol. The molecule has 1 heterocycles. The molecule has 1 saturated carbocycles. The maximum absolute atomic E-state index is 12.9. The Hall–Kier alpha value is -2.44. The number of thiocarbonyl (C=S) groups is 1. The van der Waals surface area contributed by atoms with Crippen LogP contribution in [0.4, 0.5) is 0 Å². The number of hydrogen-bond acceptors (Lipinski definition) is 5. The van der Waals surface area contributed by atoms with E-state index < -0.39 is 5.97 Å². The summed E-state index contributed by atoms with van der Waals surface area (Å²) in [5.74, 6) is 0.0790. The van der Waals surface area contributed by atoms with Crippen molar-refractivity contribution in [1.29, 1.82) is 0 Å². The van der Waals surface area contributed by atoms with Crippen molar-refractivity contribution in [2.45, 2.75) is 45.1 Å². The van der Waals surface area contributed by atoms with Gasteiger partial charge in [0, 0.05) is 6.04 Å². The lowest BCUT2D eigenvalue weighted by molar-refractivity contribution is -0.124. The Morgan fingerprint density at radius 2 is 1.73 bits per heavy atom. The lowest BCUT2D eigenvalue weighted by Crippen LogP contribution is -2.39. The summed E-state index contributed by atoms with van der Waals surface area (Å²) in [7, 11) is 0. The Morgan fingerprint density at radius 3 is 2.40 bits per heavy atom. The molecular formula is C24H23NO3S2. The Labute approximate surface area is 186 Å². The van der Waals surface area contributed by atoms with Crippen LogP contribution in [0.25, 0.3) is 6.08 Å². The molecule has 1 saturated heterocycles. The zero-order valence-electron chi connectivity index (χ0n) is 16.8. The van der Waals surface area contributed by atoms with E-state index >= 15 is 0 Å². The van der Waals surface area contributed by atoms with E-state index in [-0.39, 0.29) is 11.9 Å². The van der Waals surface area contributed by atoms with Gasteiger partial charge in [-0.2, -0.15) is 0 Å². The second kappa shape index (κ2) is 9.14. The number of thioether (sulfide) groups is 1. The van der Waals surface area contributed by atoms with Crippen molar-refractivity contribution in [1.82, 2.24) is 4.90 Å². The van der Waals surface area contributed by atoms with E-state index in [0.29, 0.717) is 20.5 Å². The molecule has 0 bridgehead atoms. The van der Waals surface area contributed by atoms with Crippen LogP contribution >= 0.6 is 24.0 Å². The quantitative estimate of drug-likeness (QED) is 0.264. The molecule has 0 N–H and O–H groups in total. The van der Waals surface area contributed by atoms with E-state index in [2.05, 4.69) is 0 Å². The highest BCUT2D eigenvalue weighted by Gasteiger charge is 2.37. The smallest absolute Gasteiger partial charge is 0.343 e. The molecule has 0 atom stereocenters. The summed E-state index contributed by atoms with van der Waals surface area (Å²) in [5.41, 5.74) is 2.47. The fraction of sp³-hybridized carbons (Fsp3) is 0.292. The van der Waals surface area contributed by atoms with Crippen molar-refractivity contribution < 1.29 is 14.3 Å². The van der Waals surface area contributed by atoms with Gasteiger partial charge in [0.2, 0.25) is 0 Å². The number of amides is 1. The third-order valence-electron chi connectivity index (χ3n) is 5.44. The lowest BCUT2D eigenvalue weighted by Gasteiger charge is -2.29. The molecule has 6 heteroatoms. The van der Waals surface area contributed by atoms with Gasteiger partial charge < -0.3 is 4.74 Å². The van der Waals surface area contributed by atoms with Crippen molar-refractivity contribution >= 4 is 46.3 Å². The predicted octanol–water partition coefficient (Wildman–Crippen LogP) is 5.75. The lowest BCUT2D eigenvalue weighted by atomic mass is 9.94. The van der Waals surface area contributed by atoms with Gasteiger partial charge in [-0.15, -0.1) is 0 Å². The van der Waals surface area contributed by atoms with E-state index in [1.165, 1.54) is 18.2 Å². The summed E-state index contributed by atoms with van der Waals surface area (Å²) in [5, 5.41) is 0. The largest absolute Gasteiger partial charge is 0.423 e. The van der Waals surface area contributed by atoms with Crippen LogP contribution in [0.5, 0.6) is 5.75 Å². The van der Waals surface area contributed by atoms with Crippen molar-refractivity contribution in [3.05, 3.63) is 70.1 Å². The molecule has 2 aliphatic rings. The van der Waals surface area contributed by atoms with Crippen LogP contribution in [0.1, 0.15) is 53.6 Å². The van der Waals surface area contributed by atoms with Crippen LogP contribution in [0, 0.1) is 6.92 Å². The fourth-order valence-corrected chi connectivity index (χ4v) is 5.17. The number of benzene rings is 2. The number of hydrogen-bond donors (Lipinski definition) is 0. The summed E-state index contributed by atoms with van der Waals surface area (Å²) >= 11 is 6.85. The maximum atomic E-state index is 12.9. The standard InChI is InChI=1S/C24H23NO3S2/c1-16-7-11-18(12-8-16)23(27)28-20-13-9-17(10-14-20)15-21-22(26)25(24(29)30-21)19-5-3-2-4-6-19/h7-15,19H,2-6H2,1H3. The van der Waals surface area contributed by atoms with Gasteiger partial charge >= 0.3 is 5.97 Å². The Balaban J connectivity index is 1.43. The first kappa shape index (κ1) is 20.8. The molecular weight excluding hydrogens is 414 g/mol. The van der Waals surface area contributed by atoms with Gasteiger partial charge in [-0.1, -0.05) is 73.1 Å². The summed E-state index contributed by atoms with van der Waals surface area (Å²) in [6, 6.07) is 14.6. The van der Waals surface area contributed by atoms with Crippen molar-refractivity contribution in [3.63, 3.8) is 0 Å². The second-order valence-electron chi connectivity index (χ2n) is 7.67. The summed E-state index contributed by atoms with van der Waals surface area (Å²) in [6.07, 6.45) is 7.46. The number of aryl methyl sites for hydroxylation is 1. The van der Waals surface area contributed by atoms with Gasteiger partial charge in [0.15, 0.2) is 0 Å². The maximum Gasteiger partial charge on any atom is 0.343 e. The van der Waals surface area contributed by atoms with E-state index in [9.17, 15) is 9.59 Å². The zero-order chi connectivity index (χ0) is 21.1. The molecule has 4 rings (SSSR count). The molecule has 30 heavy (non-hydrogen) atoms. The van der Waals surface area contributed by atoms with Crippen LogP contribution in [0.15, 0.2) is 53.4 Å². The van der Waals surface area contributed by atoms with E-state index in [1.807, 2.05) is 42.2 Å². The molecule has 0 aromatic heterocycles. The predicted molar refractivity (Wildman–Crippen MR) is 124 cm³/mol. The van der Waals surface area contributed by atoms with Crippen LogP contribution in [-0.2, 0) is 4.79 Å². The molecule has 1 aliphatic carbocycles. The van der Waals surface area contributed by atoms with Gasteiger partial charge in [0.05, 0.1) is 10.5 Å². The average Bonchev–Trinajstić information content (AvgIpc) is 3.03. The van der Waals surface area contributed by atoms with Crippen LogP contribution in [-0.4, -0.2) is 27.1 Å². The molecule has 0 spiro atoms. The highest BCUT2D eigenvalue weighted by molar-refractivity contribution is 8.26. The first-order chi connectivity index (χ1) is 14.5. The minimum absolute atomic E-state index is 0.00627. The Bertz CT molecular complexity index is 990. The first-order valence-electron chi connectivity index (χ1n) is 10.2. The van der Waals surface area contributed by atoms with Gasteiger partial charge in [0.1, 0.15) is 10.1 Å². The van der Waals surface area contributed by atoms with Gasteiger partial charge in [-0.3, -0.25) is 9.69 Å². The minimum atomic E-state index is -0.392. The normalized spacial score (nSPS) is 18.8. The number of esters is 1. The molecule has 0 radical (unpaired) electrons. The molecule has 2 aromatic rings. The Kier molecular flexibility index (Phi) is 6.35. The second-order valence-corrected chi connectivity index (χ2v) is 9.34. The van der Waals surface area contributed by atoms with Crippen LogP contribution in [0.2, 0.25) is 0 Å². The molecule has 1 aliphatic heterocycles. The third-order valence-corrected chi connectivity index (χ3v) is 6.77. The highest BCUT2D eigenvalue weighted by Crippen LogP contribution is 2.37. The van der Waals surface area contributed by atoms with Crippen molar-refractivity contribution in [2.75, 3.05) is 0 Å². The van der Waals surface area contributed by atoms with Gasteiger partial charge in [0.25, 0.3) is 5.91 Å². The van der Waals surface area contributed by atoms with E-state index in [0.717, 1.165) is 36.8 Å². The molecule has 1 amide bonds. The molecule has 4 nitrogen and oxygen atoms in total. The zero-order valence-corrected chi connectivity index (χ0v) is 18.4. The van der Waals surface area contributed by atoms with Crippen molar-refractivity contribution in [3.8, 4) is 5.75 Å². The summed E-state index contributed by atoms with van der Waals surface area (Å²) in [4.78, 5) is 27.6. The molecule has 2 aromatic carbocycles. The number of rotatable bonds is 4. The highest BCUT2D eigenvalue weighted by atomic mass is 32.2. The first-order valence-corrected chi connectivity index (χ1v) is 11.4. The summed E-state index contributed by atoms with van der Waals surface area (Å²) < 4.78 is 6.09. The fourth-order valence-electron chi connectivity index (χ4n) is 3.77. The number of ether oxygens (including phenoxy) is 1. The topological polar surface area (TPSA) is 46.6 Å². The molecule has 0 unspecified atom stereocenters. The van der Waals surface area contributed by atoms with Crippen LogP contribution in [0.3, 0.4) is 0 Å².